The quantitative estimate of drug-likeness (QED) is 0.824. The summed E-state index contributed by atoms with van der Waals surface area (Å²) >= 11 is 0. The van der Waals surface area contributed by atoms with Crippen molar-refractivity contribution in [1.29, 1.82) is 0 Å². The molecule has 0 aliphatic carbocycles. The van der Waals surface area contributed by atoms with Crippen LogP contribution in [0.4, 0.5) is 4.39 Å². The number of halogens is 1. The number of carbonyl (C=O) groups excluding carboxylic acids is 1. The van der Waals surface area contributed by atoms with Gasteiger partial charge in [-0.1, -0.05) is 0 Å². The second-order valence-corrected chi connectivity index (χ2v) is 4.52. The molecule has 2 rings (SSSR count). The molecule has 19 heavy (non-hydrogen) atoms. The SMILES string of the molecule is Cc1cc(F)ccc1C(=O)N1CCNCC1C(=O)O. The van der Waals surface area contributed by atoms with Crippen LogP contribution >= 0.6 is 0 Å². The second-order valence-electron chi connectivity index (χ2n) is 4.52. The second kappa shape index (κ2) is 5.36. The number of nitrogens with zero attached hydrogens (tertiary/aromatic N) is 1. The zero-order chi connectivity index (χ0) is 14.0. The molecule has 1 atom stereocenters. The van der Waals surface area contributed by atoms with Crippen molar-refractivity contribution in [3.63, 3.8) is 0 Å². The molecule has 1 aromatic carbocycles. The lowest BCUT2D eigenvalue weighted by molar-refractivity contribution is -0.142. The van der Waals surface area contributed by atoms with E-state index in [1.807, 2.05) is 0 Å². The van der Waals surface area contributed by atoms with Crippen molar-refractivity contribution in [1.82, 2.24) is 10.2 Å². The predicted octanol–water partition coefficient (Wildman–Crippen LogP) is 0.633. The fourth-order valence-corrected chi connectivity index (χ4v) is 2.19. The summed E-state index contributed by atoms with van der Waals surface area (Å²) in [5.41, 5.74) is 0.849. The molecule has 2 N–H and O–H groups in total. The Morgan fingerprint density at radius 2 is 2.21 bits per heavy atom. The van der Waals surface area contributed by atoms with Gasteiger partial charge in [0, 0.05) is 25.2 Å². The van der Waals surface area contributed by atoms with E-state index in [2.05, 4.69) is 5.32 Å². The van der Waals surface area contributed by atoms with E-state index in [4.69, 9.17) is 5.11 Å². The van der Waals surface area contributed by atoms with Crippen molar-refractivity contribution in [3.8, 4) is 0 Å². The zero-order valence-corrected chi connectivity index (χ0v) is 10.5. The Morgan fingerprint density at radius 1 is 1.47 bits per heavy atom. The van der Waals surface area contributed by atoms with E-state index in [0.717, 1.165) is 0 Å². The smallest absolute Gasteiger partial charge is 0.327 e. The third-order valence-corrected chi connectivity index (χ3v) is 3.21. The number of aliphatic carboxylic acids is 1. The van der Waals surface area contributed by atoms with E-state index >= 15 is 0 Å². The Bertz CT molecular complexity index is 519. The maximum atomic E-state index is 13.0. The van der Waals surface area contributed by atoms with Gasteiger partial charge in [-0.05, 0) is 30.7 Å². The normalized spacial score (nSPS) is 19.3. The minimum atomic E-state index is -1.04. The lowest BCUT2D eigenvalue weighted by atomic mass is 10.1. The van der Waals surface area contributed by atoms with Crippen molar-refractivity contribution in [3.05, 3.63) is 35.1 Å². The van der Waals surface area contributed by atoms with Gasteiger partial charge in [-0.3, -0.25) is 4.79 Å². The van der Waals surface area contributed by atoms with E-state index in [9.17, 15) is 14.0 Å². The molecule has 0 radical (unpaired) electrons. The van der Waals surface area contributed by atoms with Gasteiger partial charge in [0.1, 0.15) is 11.9 Å². The Hall–Kier alpha value is -1.95. The van der Waals surface area contributed by atoms with Crippen LogP contribution in [0.25, 0.3) is 0 Å². The number of aryl methyl sites for hydroxylation is 1. The molecule has 6 heteroatoms. The Morgan fingerprint density at radius 3 is 2.84 bits per heavy atom. The van der Waals surface area contributed by atoms with Gasteiger partial charge in [-0.25, -0.2) is 9.18 Å². The molecule has 1 fully saturated rings. The Labute approximate surface area is 110 Å². The monoisotopic (exact) mass is 266 g/mol. The fourth-order valence-electron chi connectivity index (χ4n) is 2.19. The van der Waals surface area contributed by atoms with Crippen LogP contribution in [-0.2, 0) is 4.79 Å². The Balaban J connectivity index is 2.28. The number of benzene rings is 1. The predicted molar refractivity (Wildman–Crippen MR) is 66.5 cm³/mol. The highest BCUT2D eigenvalue weighted by atomic mass is 19.1. The molecule has 102 valence electrons. The summed E-state index contributed by atoms with van der Waals surface area (Å²) < 4.78 is 13.0. The molecule has 5 nitrogen and oxygen atoms in total. The molecule has 1 aliphatic heterocycles. The number of rotatable bonds is 2. The molecule has 1 aliphatic rings. The highest BCUT2D eigenvalue weighted by Gasteiger charge is 2.32. The molecule has 1 aromatic rings. The number of carboxylic acid groups (broad SMARTS) is 1. The highest BCUT2D eigenvalue weighted by Crippen LogP contribution is 2.15. The maximum absolute atomic E-state index is 13.0. The summed E-state index contributed by atoms with van der Waals surface area (Å²) in [5.74, 6) is -1.82. The first-order chi connectivity index (χ1) is 9.00. The molecule has 0 bridgehead atoms. The van der Waals surface area contributed by atoms with E-state index in [-0.39, 0.29) is 12.5 Å². The summed E-state index contributed by atoms with van der Waals surface area (Å²) in [4.78, 5) is 24.8. The van der Waals surface area contributed by atoms with E-state index in [0.29, 0.717) is 24.2 Å². The summed E-state index contributed by atoms with van der Waals surface area (Å²) in [6.07, 6.45) is 0. The van der Waals surface area contributed by atoms with Crippen LogP contribution in [0.3, 0.4) is 0 Å². The van der Waals surface area contributed by atoms with Crippen LogP contribution in [0.15, 0.2) is 18.2 Å². The number of carboxylic acids is 1. The maximum Gasteiger partial charge on any atom is 0.327 e. The number of hydrogen-bond donors (Lipinski definition) is 2. The molecule has 1 unspecified atom stereocenters. The number of hydrogen-bond acceptors (Lipinski definition) is 3. The van der Waals surface area contributed by atoms with Crippen LogP contribution < -0.4 is 5.32 Å². The van der Waals surface area contributed by atoms with Gasteiger partial charge in [0.2, 0.25) is 0 Å². The number of carbonyl (C=O) groups is 2. The van der Waals surface area contributed by atoms with Crippen LogP contribution in [-0.4, -0.2) is 47.6 Å². The molecule has 1 amide bonds. The first-order valence-electron chi connectivity index (χ1n) is 6.01. The zero-order valence-electron chi connectivity index (χ0n) is 10.5. The van der Waals surface area contributed by atoms with E-state index in [1.54, 1.807) is 6.92 Å². The highest BCUT2D eigenvalue weighted by molar-refractivity contribution is 5.98. The first kappa shape index (κ1) is 13.5. The summed E-state index contributed by atoms with van der Waals surface area (Å²) in [5, 5.41) is 12.1. The Kier molecular flexibility index (Phi) is 3.80. The van der Waals surface area contributed by atoms with Crippen molar-refractivity contribution in [2.75, 3.05) is 19.6 Å². The standard InChI is InChI=1S/C13H15FN2O3/c1-8-6-9(14)2-3-10(8)12(17)16-5-4-15-7-11(16)13(18)19/h2-3,6,11,15H,4-5,7H2,1H3,(H,18,19). The number of amides is 1. The number of nitrogens with one attached hydrogen (secondary N) is 1. The molecule has 0 aromatic heterocycles. The van der Waals surface area contributed by atoms with E-state index < -0.39 is 17.8 Å². The lowest BCUT2D eigenvalue weighted by Gasteiger charge is -2.33. The van der Waals surface area contributed by atoms with Crippen LogP contribution in [0.2, 0.25) is 0 Å². The summed E-state index contributed by atoms with van der Waals surface area (Å²) in [6.45, 7) is 2.73. The molecule has 0 saturated carbocycles. The topological polar surface area (TPSA) is 69.6 Å². The molecule has 0 spiro atoms. The first-order valence-corrected chi connectivity index (χ1v) is 6.01. The summed E-state index contributed by atoms with van der Waals surface area (Å²) in [6, 6.07) is 2.99. The molecular formula is C13H15FN2O3. The van der Waals surface area contributed by atoms with Gasteiger partial charge in [-0.15, -0.1) is 0 Å². The van der Waals surface area contributed by atoms with Crippen LogP contribution in [0.1, 0.15) is 15.9 Å². The van der Waals surface area contributed by atoms with E-state index in [1.165, 1.54) is 23.1 Å². The molecular weight excluding hydrogens is 251 g/mol. The van der Waals surface area contributed by atoms with Crippen molar-refractivity contribution in [2.45, 2.75) is 13.0 Å². The van der Waals surface area contributed by atoms with Crippen molar-refractivity contribution < 1.29 is 19.1 Å². The summed E-state index contributed by atoms with van der Waals surface area (Å²) in [7, 11) is 0. The van der Waals surface area contributed by atoms with Gasteiger partial charge in [-0.2, -0.15) is 0 Å². The fraction of sp³-hybridized carbons (Fsp3) is 0.385. The minimum absolute atomic E-state index is 0.224. The van der Waals surface area contributed by atoms with Gasteiger partial charge in [0.15, 0.2) is 0 Å². The average molecular weight is 266 g/mol. The number of piperazine rings is 1. The van der Waals surface area contributed by atoms with Gasteiger partial charge < -0.3 is 15.3 Å². The largest absolute Gasteiger partial charge is 0.480 e. The lowest BCUT2D eigenvalue weighted by Crippen LogP contribution is -2.57. The minimum Gasteiger partial charge on any atom is -0.480 e. The van der Waals surface area contributed by atoms with Gasteiger partial charge in [0.05, 0.1) is 0 Å². The average Bonchev–Trinajstić information content (AvgIpc) is 2.38. The van der Waals surface area contributed by atoms with Crippen molar-refractivity contribution >= 4 is 11.9 Å². The van der Waals surface area contributed by atoms with Crippen LogP contribution in [0, 0.1) is 12.7 Å². The molecule has 1 saturated heterocycles. The van der Waals surface area contributed by atoms with Crippen molar-refractivity contribution in [2.24, 2.45) is 0 Å². The van der Waals surface area contributed by atoms with Crippen LogP contribution in [0.5, 0.6) is 0 Å². The molecule has 1 heterocycles. The van der Waals surface area contributed by atoms with Gasteiger partial charge in [0.25, 0.3) is 5.91 Å². The third-order valence-electron chi connectivity index (χ3n) is 3.21. The van der Waals surface area contributed by atoms with Gasteiger partial charge >= 0.3 is 5.97 Å². The third kappa shape index (κ3) is 2.73.